The largest absolute Gasteiger partial charge is 0.389 e. The summed E-state index contributed by atoms with van der Waals surface area (Å²) in [4.78, 5) is 3.31. The Morgan fingerprint density at radius 1 is 1.37 bits per heavy atom. The zero-order valence-electron chi connectivity index (χ0n) is 11.5. The van der Waals surface area contributed by atoms with Crippen LogP contribution in [0.25, 0.3) is 10.9 Å². The number of para-hydroxylation sites is 1. The Hall–Kier alpha value is -1.03. The summed E-state index contributed by atoms with van der Waals surface area (Å²) in [6, 6.07) is 7.98. The number of halogens is 1. The van der Waals surface area contributed by atoms with E-state index < -0.39 is 5.60 Å². The van der Waals surface area contributed by atoms with Crippen LogP contribution in [0.3, 0.4) is 0 Å². The maximum absolute atomic E-state index is 10.1. The first-order valence-corrected chi connectivity index (χ1v) is 7.09. The molecule has 0 aliphatic carbocycles. The van der Waals surface area contributed by atoms with Crippen LogP contribution in [0, 0.1) is 0 Å². The molecular formula is C15H21ClN2O. The summed E-state index contributed by atoms with van der Waals surface area (Å²) in [7, 11) is 0. The number of nitrogens with one attached hydrogen (secondary N) is 2. The smallest absolute Gasteiger partial charge is 0.0743 e. The zero-order chi connectivity index (χ0) is 13.9. The zero-order valence-corrected chi connectivity index (χ0v) is 12.2. The van der Waals surface area contributed by atoms with Gasteiger partial charge in [-0.3, -0.25) is 0 Å². The molecule has 1 unspecified atom stereocenters. The average molecular weight is 281 g/mol. The fourth-order valence-electron chi connectivity index (χ4n) is 2.37. The minimum absolute atomic E-state index is 0.562. The van der Waals surface area contributed by atoms with Crippen molar-refractivity contribution in [3.05, 3.63) is 35.0 Å². The molecule has 0 spiro atoms. The molecule has 2 rings (SSSR count). The molecule has 3 N–H and O–H groups in total. The Morgan fingerprint density at radius 2 is 2.11 bits per heavy atom. The fraction of sp³-hybridized carbons (Fsp3) is 0.467. The van der Waals surface area contributed by atoms with Crippen molar-refractivity contribution in [3.8, 4) is 0 Å². The molecule has 1 atom stereocenters. The Kier molecular flexibility index (Phi) is 4.50. The fourth-order valence-corrected chi connectivity index (χ4v) is 2.65. The molecule has 0 amide bonds. The Labute approximate surface area is 119 Å². The second-order valence-electron chi connectivity index (χ2n) is 5.31. The van der Waals surface area contributed by atoms with Crippen LogP contribution in [-0.4, -0.2) is 22.2 Å². The van der Waals surface area contributed by atoms with E-state index in [0.29, 0.717) is 13.1 Å². The summed E-state index contributed by atoms with van der Waals surface area (Å²) in [6.45, 7) is 5.12. The summed E-state index contributed by atoms with van der Waals surface area (Å²) in [6.07, 6.45) is 1.77. The predicted molar refractivity (Wildman–Crippen MR) is 80.5 cm³/mol. The lowest BCUT2D eigenvalue weighted by Crippen LogP contribution is -2.37. The van der Waals surface area contributed by atoms with Gasteiger partial charge < -0.3 is 15.4 Å². The highest BCUT2D eigenvalue weighted by Crippen LogP contribution is 2.27. The van der Waals surface area contributed by atoms with Crippen LogP contribution in [0.1, 0.15) is 32.4 Å². The molecule has 0 bridgehead atoms. The highest BCUT2D eigenvalue weighted by molar-refractivity contribution is 6.36. The first kappa shape index (κ1) is 14.4. The van der Waals surface area contributed by atoms with Gasteiger partial charge in [-0.05, 0) is 19.4 Å². The maximum atomic E-state index is 10.1. The maximum Gasteiger partial charge on any atom is 0.0743 e. The van der Waals surface area contributed by atoms with Crippen LogP contribution in [0.2, 0.25) is 5.02 Å². The quantitative estimate of drug-likeness (QED) is 0.759. The van der Waals surface area contributed by atoms with Gasteiger partial charge in [0, 0.05) is 29.7 Å². The number of aliphatic hydroxyl groups is 1. The van der Waals surface area contributed by atoms with E-state index in [9.17, 15) is 5.11 Å². The average Bonchev–Trinajstić information content (AvgIpc) is 2.67. The topological polar surface area (TPSA) is 48.0 Å². The number of benzene rings is 1. The van der Waals surface area contributed by atoms with E-state index in [2.05, 4.69) is 17.2 Å². The monoisotopic (exact) mass is 280 g/mol. The third kappa shape index (κ3) is 3.50. The van der Waals surface area contributed by atoms with Crippen LogP contribution in [0.5, 0.6) is 0 Å². The highest BCUT2D eigenvalue weighted by Gasteiger charge is 2.18. The van der Waals surface area contributed by atoms with Crippen molar-refractivity contribution < 1.29 is 5.11 Å². The number of aromatic nitrogens is 1. The molecule has 3 nitrogen and oxygen atoms in total. The van der Waals surface area contributed by atoms with E-state index in [4.69, 9.17) is 11.6 Å². The van der Waals surface area contributed by atoms with E-state index in [-0.39, 0.29) is 0 Å². The lowest BCUT2D eigenvalue weighted by Gasteiger charge is -2.22. The minimum Gasteiger partial charge on any atom is -0.389 e. The van der Waals surface area contributed by atoms with Crippen LogP contribution < -0.4 is 5.32 Å². The van der Waals surface area contributed by atoms with Gasteiger partial charge in [0.1, 0.15) is 0 Å². The Bertz CT molecular complexity index is 548. The Balaban J connectivity index is 2.00. The van der Waals surface area contributed by atoms with Crippen molar-refractivity contribution in [2.24, 2.45) is 0 Å². The summed E-state index contributed by atoms with van der Waals surface area (Å²) in [5.41, 5.74) is 1.35. The highest BCUT2D eigenvalue weighted by atomic mass is 35.5. The van der Waals surface area contributed by atoms with E-state index >= 15 is 0 Å². The third-order valence-corrected chi connectivity index (χ3v) is 3.74. The summed E-state index contributed by atoms with van der Waals surface area (Å²) in [5.74, 6) is 0. The molecule has 2 aromatic rings. The van der Waals surface area contributed by atoms with Gasteiger partial charge >= 0.3 is 0 Å². The van der Waals surface area contributed by atoms with Crippen molar-refractivity contribution >= 4 is 22.5 Å². The number of H-pyrrole nitrogens is 1. The van der Waals surface area contributed by atoms with Gasteiger partial charge in [0.15, 0.2) is 0 Å². The number of hydrogen-bond acceptors (Lipinski definition) is 2. The predicted octanol–water partition coefficient (Wildman–Crippen LogP) is 3.46. The van der Waals surface area contributed by atoms with E-state index in [1.807, 2.05) is 31.2 Å². The molecule has 19 heavy (non-hydrogen) atoms. The molecule has 0 fully saturated rings. The number of rotatable bonds is 6. The molecule has 4 heteroatoms. The standard InChI is InChI=1S/C15H21ClN2O/c1-3-8-15(2,19)10-17-9-13-14(16)11-6-4-5-7-12(11)18-13/h4-7,17-19H,3,8-10H2,1-2H3. The van der Waals surface area contributed by atoms with Crippen molar-refractivity contribution in [1.82, 2.24) is 10.3 Å². The lowest BCUT2D eigenvalue weighted by atomic mass is 10.0. The van der Waals surface area contributed by atoms with Crippen molar-refractivity contribution in [2.75, 3.05) is 6.54 Å². The minimum atomic E-state index is -0.659. The molecule has 0 saturated heterocycles. The SMILES string of the molecule is CCCC(C)(O)CNCc1[nH]c2ccccc2c1Cl. The summed E-state index contributed by atoms with van der Waals surface area (Å²) >= 11 is 6.33. The van der Waals surface area contributed by atoms with Gasteiger partial charge in [-0.2, -0.15) is 0 Å². The van der Waals surface area contributed by atoms with Crippen molar-refractivity contribution in [3.63, 3.8) is 0 Å². The molecule has 1 aromatic carbocycles. The molecular weight excluding hydrogens is 260 g/mol. The van der Waals surface area contributed by atoms with Crippen molar-refractivity contribution in [2.45, 2.75) is 38.8 Å². The van der Waals surface area contributed by atoms with Gasteiger partial charge in [-0.15, -0.1) is 0 Å². The number of fused-ring (bicyclic) bond motifs is 1. The normalized spacial score (nSPS) is 14.7. The van der Waals surface area contributed by atoms with Gasteiger partial charge in [0.2, 0.25) is 0 Å². The van der Waals surface area contributed by atoms with E-state index in [1.54, 1.807) is 0 Å². The van der Waals surface area contributed by atoms with Gasteiger partial charge in [0.25, 0.3) is 0 Å². The third-order valence-electron chi connectivity index (χ3n) is 3.31. The van der Waals surface area contributed by atoms with Crippen LogP contribution in [0.4, 0.5) is 0 Å². The Morgan fingerprint density at radius 3 is 2.79 bits per heavy atom. The molecule has 0 radical (unpaired) electrons. The first-order valence-electron chi connectivity index (χ1n) is 6.71. The summed E-state index contributed by atoms with van der Waals surface area (Å²) in [5, 5.41) is 15.2. The lowest BCUT2D eigenvalue weighted by molar-refractivity contribution is 0.0497. The first-order chi connectivity index (χ1) is 9.03. The van der Waals surface area contributed by atoms with E-state index in [0.717, 1.165) is 34.5 Å². The number of hydrogen-bond donors (Lipinski definition) is 3. The number of aromatic amines is 1. The summed E-state index contributed by atoms with van der Waals surface area (Å²) < 4.78 is 0. The molecule has 0 aliphatic rings. The molecule has 0 saturated carbocycles. The molecule has 0 aliphatic heterocycles. The van der Waals surface area contributed by atoms with Gasteiger partial charge in [0.05, 0.1) is 10.6 Å². The second kappa shape index (κ2) is 5.95. The van der Waals surface area contributed by atoms with Crippen LogP contribution in [0.15, 0.2) is 24.3 Å². The molecule has 1 aromatic heterocycles. The molecule has 104 valence electrons. The van der Waals surface area contributed by atoms with E-state index in [1.165, 1.54) is 0 Å². The second-order valence-corrected chi connectivity index (χ2v) is 5.69. The van der Waals surface area contributed by atoms with Crippen LogP contribution >= 0.6 is 11.6 Å². The molecule has 1 heterocycles. The van der Waals surface area contributed by atoms with Crippen molar-refractivity contribution in [1.29, 1.82) is 0 Å². The van der Waals surface area contributed by atoms with Crippen LogP contribution in [-0.2, 0) is 6.54 Å². The van der Waals surface area contributed by atoms with Gasteiger partial charge in [-0.25, -0.2) is 0 Å². The van der Waals surface area contributed by atoms with Gasteiger partial charge in [-0.1, -0.05) is 43.1 Å².